The highest BCUT2D eigenvalue weighted by Crippen LogP contribution is 2.13. The van der Waals surface area contributed by atoms with Gasteiger partial charge in [0.05, 0.1) is 0 Å². The highest BCUT2D eigenvalue weighted by atomic mass is 35.5. The topological polar surface area (TPSA) is 52.3 Å². The van der Waals surface area contributed by atoms with E-state index in [1.54, 1.807) is 6.07 Å². The average molecular weight is 190 g/mol. The Bertz CT molecular complexity index is 271. The van der Waals surface area contributed by atoms with Crippen LogP contribution >= 0.6 is 11.6 Å². The zero-order valence-corrected chi connectivity index (χ0v) is 7.30. The van der Waals surface area contributed by atoms with Gasteiger partial charge in [-0.25, -0.2) is 4.79 Å². The number of ether oxygens (including phenoxy) is 1. The van der Waals surface area contributed by atoms with Crippen molar-refractivity contribution in [2.75, 3.05) is 0 Å². The molecule has 5 heteroatoms. The lowest BCUT2D eigenvalue weighted by Gasteiger charge is -1.87. The van der Waals surface area contributed by atoms with Gasteiger partial charge in [0.1, 0.15) is 5.76 Å². The summed E-state index contributed by atoms with van der Waals surface area (Å²) in [6.45, 7) is 2.01. The largest absolute Gasteiger partial charge is 0.410 e. The van der Waals surface area contributed by atoms with E-state index in [9.17, 15) is 4.79 Å². The van der Waals surface area contributed by atoms with Crippen molar-refractivity contribution in [2.24, 2.45) is 0 Å². The van der Waals surface area contributed by atoms with Crippen molar-refractivity contribution in [3.63, 3.8) is 0 Å². The minimum Gasteiger partial charge on any atom is -0.392 e. The summed E-state index contributed by atoms with van der Waals surface area (Å²) in [5, 5.41) is 3.47. The molecule has 0 saturated carbocycles. The molecule has 0 bridgehead atoms. The number of rotatable bonds is 3. The normalized spacial score (nSPS) is 9.83. The fourth-order valence-corrected chi connectivity index (χ4v) is 0.868. The van der Waals surface area contributed by atoms with E-state index >= 15 is 0 Å². The molecule has 0 amide bonds. The molecule has 0 aliphatic heterocycles. The van der Waals surface area contributed by atoms with Gasteiger partial charge < -0.3 is 9.26 Å². The quantitative estimate of drug-likeness (QED) is 0.685. The van der Waals surface area contributed by atoms with Crippen LogP contribution in [0.3, 0.4) is 0 Å². The van der Waals surface area contributed by atoms with Crippen LogP contribution in [-0.4, -0.2) is 10.6 Å². The standard InChI is InChI=1S/C7H8ClNO3/c1-2-3-5-4-6(9-12-5)11-7(8)10/h4H,2-3H2,1H3. The highest BCUT2D eigenvalue weighted by Gasteiger charge is 2.06. The Balaban J connectivity index is 2.58. The zero-order valence-electron chi connectivity index (χ0n) is 6.54. The second kappa shape index (κ2) is 4.11. The summed E-state index contributed by atoms with van der Waals surface area (Å²) in [4.78, 5) is 10.2. The summed E-state index contributed by atoms with van der Waals surface area (Å²) in [7, 11) is 0. The summed E-state index contributed by atoms with van der Waals surface area (Å²) in [5.74, 6) is 0.795. The van der Waals surface area contributed by atoms with Gasteiger partial charge in [-0.15, -0.1) is 0 Å². The van der Waals surface area contributed by atoms with Crippen molar-refractivity contribution in [3.8, 4) is 5.88 Å². The van der Waals surface area contributed by atoms with E-state index in [2.05, 4.69) is 9.89 Å². The average Bonchev–Trinajstić information content (AvgIpc) is 2.36. The van der Waals surface area contributed by atoms with Crippen LogP contribution in [0, 0.1) is 0 Å². The maximum absolute atomic E-state index is 10.2. The van der Waals surface area contributed by atoms with Crippen LogP contribution < -0.4 is 4.74 Å². The van der Waals surface area contributed by atoms with Crippen LogP contribution in [-0.2, 0) is 6.42 Å². The van der Waals surface area contributed by atoms with Gasteiger partial charge in [0.25, 0.3) is 5.88 Å². The first kappa shape index (κ1) is 9.06. The molecular formula is C7H8ClNO3. The van der Waals surface area contributed by atoms with Crippen molar-refractivity contribution in [3.05, 3.63) is 11.8 Å². The van der Waals surface area contributed by atoms with Gasteiger partial charge in [-0.05, 0) is 11.6 Å². The van der Waals surface area contributed by atoms with E-state index < -0.39 is 5.43 Å². The Morgan fingerprint density at radius 3 is 3.17 bits per heavy atom. The third kappa shape index (κ3) is 2.54. The number of carbonyl (C=O) groups excluding carboxylic acids is 1. The maximum Gasteiger partial charge on any atom is 0.410 e. The Hall–Kier alpha value is -1.03. The third-order valence-corrected chi connectivity index (χ3v) is 1.30. The number of hydrogen-bond donors (Lipinski definition) is 0. The number of nitrogens with zero attached hydrogens (tertiary/aromatic N) is 1. The van der Waals surface area contributed by atoms with Crippen LogP contribution in [0.1, 0.15) is 19.1 Å². The van der Waals surface area contributed by atoms with Crippen LogP contribution in [0.15, 0.2) is 10.6 Å². The Labute approximate surface area is 74.4 Å². The summed E-state index contributed by atoms with van der Waals surface area (Å²) in [6.07, 6.45) is 1.72. The summed E-state index contributed by atoms with van der Waals surface area (Å²) in [6, 6.07) is 1.55. The molecule has 0 aliphatic carbocycles. The van der Waals surface area contributed by atoms with Crippen molar-refractivity contribution in [1.82, 2.24) is 5.16 Å². The zero-order chi connectivity index (χ0) is 8.97. The molecule has 0 radical (unpaired) electrons. The molecule has 66 valence electrons. The first-order chi connectivity index (χ1) is 5.72. The Morgan fingerprint density at radius 1 is 1.83 bits per heavy atom. The smallest absolute Gasteiger partial charge is 0.392 e. The van der Waals surface area contributed by atoms with E-state index in [4.69, 9.17) is 16.1 Å². The second-order valence-corrected chi connectivity index (χ2v) is 2.53. The van der Waals surface area contributed by atoms with Gasteiger partial charge in [0.15, 0.2) is 0 Å². The lowest BCUT2D eigenvalue weighted by Crippen LogP contribution is -1.95. The fourth-order valence-electron chi connectivity index (χ4n) is 0.789. The van der Waals surface area contributed by atoms with E-state index in [1.165, 1.54) is 0 Å². The van der Waals surface area contributed by atoms with Gasteiger partial charge in [-0.3, -0.25) is 0 Å². The van der Waals surface area contributed by atoms with Gasteiger partial charge >= 0.3 is 5.43 Å². The van der Waals surface area contributed by atoms with E-state index in [-0.39, 0.29) is 5.88 Å². The monoisotopic (exact) mass is 189 g/mol. The Kier molecular flexibility index (Phi) is 3.10. The molecule has 0 N–H and O–H groups in total. The van der Waals surface area contributed by atoms with Gasteiger partial charge in [0, 0.05) is 24.1 Å². The summed E-state index contributed by atoms with van der Waals surface area (Å²) >= 11 is 4.96. The molecule has 0 aliphatic rings. The predicted octanol–water partition coefficient (Wildman–Crippen LogP) is 2.36. The van der Waals surface area contributed by atoms with E-state index in [1.807, 2.05) is 6.92 Å². The van der Waals surface area contributed by atoms with Gasteiger partial charge in [-0.2, -0.15) is 0 Å². The molecule has 0 aromatic carbocycles. The molecule has 0 unspecified atom stereocenters. The van der Waals surface area contributed by atoms with Crippen LogP contribution in [0.2, 0.25) is 0 Å². The molecule has 1 aromatic rings. The van der Waals surface area contributed by atoms with Crippen molar-refractivity contribution >= 4 is 17.0 Å². The molecule has 0 fully saturated rings. The molecule has 1 rings (SSSR count). The SMILES string of the molecule is CCCc1cc(OC(=O)Cl)no1. The number of carbonyl (C=O) groups is 1. The van der Waals surface area contributed by atoms with Gasteiger partial charge in [-0.1, -0.05) is 6.92 Å². The summed E-state index contributed by atoms with van der Waals surface area (Å²) < 4.78 is 9.28. The minimum absolute atomic E-state index is 0.110. The lowest BCUT2D eigenvalue weighted by molar-refractivity contribution is 0.220. The number of hydrogen-bond acceptors (Lipinski definition) is 4. The van der Waals surface area contributed by atoms with E-state index in [0.29, 0.717) is 5.76 Å². The molecule has 1 heterocycles. The third-order valence-electron chi connectivity index (χ3n) is 1.22. The van der Waals surface area contributed by atoms with Crippen LogP contribution in [0.25, 0.3) is 0 Å². The fraction of sp³-hybridized carbons (Fsp3) is 0.429. The van der Waals surface area contributed by atoms with Crippen molar-refractivity contribution in [1.29, 1.82) is 0 Å². The first-order valence-corrected chi connectivity index (χ1v) is 3.93. The highest BCUT2D eigenvalue weighted by molar-refractivity contribution is 6.61. The van der Waals surface area contributed by atoms with E-state index in [0.717, 1.165) is 12.8 Å². The molecule has 0 spiro atoms. The van der Waals surface area contributed by atoms with Crippen LogP contribution in [0.5, 0.6) is 5.88 Å². The summed E-state index contributed by atoms with van der Waals surface area (Å²) in [5.41, 5.74) is -0.911. The van der Waals surface area contributed by atoms with Crippen LogP contribution in [0.4, 0.5) is 4.79 Å². The number of aryl methyl sites for hydroxylation is 1. The molecular weight excluding hydrogens is 182 g/mol. The predicted molar refractivity (Wildman–Crippen MR) is 42.4 cm³/mol. The minimum atomic E-state index is -0.911. The first-order valence-electron chi connectivity index (χ1n) is 3.55. The second-order valence-electron chi connectivity index (χ2n) is 2.22. The number of aromatic nitrogens is 1. The maximum atomic E-state index is 10.2. The number of halogens is 1. The molecule has 0 atom stereocenters. The molecule has 12 heavy (non-hydrogen) atoms. The molecule has 0 saturated heterocycles. The Morgan fingerprint density at radius 2 is 2.58 bits per heavy atom. The lowest BCUT2D eigenvalue weighted by atomic mass is 10.3. The van der Waals surface area contributed by atoms with Crippen molar-refractivity contribution < 1.29 is 14.1 Å². The van der Waals surface area contributed by atoms with Crippen molar-refractivity contribution in [2.45, 2.75) is 19.8 Å². The van der Waals surface area contributed by atoms with Gasteiger partial charge in [0.2, 0.25) is 0 Å². The molecule has 1 aromatic heterocycles. The molecule has 4 nitrogen and oxygen atoms in total.